The van der Waals surface area contributed by atoms with E-state index >= 15 is 0 Å². The van der Waals surface area contributed by atoms with E-state index in [9.17, 15) is 0 Å². The lowest BCUT2D eigenvalue weighted by Gasteiger charge is -2.24. The third kappa shape index (κ3) is 6.05. The van der Waals surface area contributed by atoms with Crippen molar-refractivity contribution in [3.8, 4) is 5.88 Å². The second kappa shape index (κ2) is 11.5. The summed E-state index contributed by atoms with van der Waals surface area (Å²) in [5, 5.41) is 4.99. The fourth-order valence-electron chi connectivity index (χ4n) is 3.75. The van der Waals surface area contributed by atoms with Gasteiger partial charge in [0.05, 0.1) is 5.52 Å². The maximum absolute atomic E-state index is 6.05. The molecule has 2 aliphatic heterocycles. The normalized spacial score (nSPS) is 18.9. The van der Waals surface area contributed by atoms with Crippen LogP contribution in [0.25, 0.3) is 10.9 Å². The molecule has 2 saturated heterocycles. The van der Waals surface area contributed by atoms with Crippen LogP contribution in [0, 0.1) is 0 Å². The molecular weight excluding hydrogens is 421 g/mol. The van der Waals surface area contributed by atoms with E-state index in [1.54, 1.807) is 6.07 Å². The van der Waals surface area contributed by atoms with Gasteiger partial charge in [0.25, 0.3) is 0 Å². The summed E-state index contributed by atoms with van der Waals surface area (Å²) in [6.45, 7) is 3.68. The Morgan fingerprint density at radius 2 is 1.83 bits per heavy atom. The van der Waals surface area contributed by atoms with E-state index in [1.165, 1.54) is 5.56 Å². The molecule has 0 bridgehead atoms. The van der Waals surface area contributed by atoms with Gasteiger partial charge in [0.15, 0.2) is 0 Å². The molecule has 4 heterocycles. The van der Waals surface area contributed by atoms with Gasteiger partial charge in [-0.05, 0) is 56.0 Å². The maximum Gasteiger partial charge on any atom is 0.217 e. The van der Waals surface area contributed by atoms with Crippen molar-refractivity contribution < 1.29 is 9.47 Å². The van der Waals surface area contributed by atoms with E-state index < -0.39 is 0 Å². The van der Waals surface area contributed by atoms with Gasteiger partial charge >= 0.3 is 0 Å². The minimum Gasteiger partial charge on any atom is -0.473 e. The lowest BCUT2D eigenvalue weighted by Crippen LogP contribution is -2.22. The van der Waals surface area contributed by atoms with Crippen molar-refractivity contribution in [2.45, 2.75) is 31.3 Å². The first kappa shape index (κ1) is 22.8. The summed E-state index contributed by atoms with van der Waals surface area (Å²) in [6, 6.07) is 15.8. The summed E-state index contributed by atoms with van der Waals surface area (Å²) < 4.78 is 11.5. The Hall–Kier alpha value is -1.92. The first-order chi connectivity index (χ1) is 14.3. The molecule has 0 aliphatic carbocycles. The Labute approximate surface area is 188 Å². The minimum absolute atomic E-state index is 0. The zero-order chi connectivity index (χ0) is 19.9. The summed E-state index contributed by atoms with van der Waals surface area (Å²) in [4.78, 5) is 8.57. The van der Waals surface area contributed by atoms with Crippen LogP contribution in [0.4, 0.5) is 0 Å². The number of nitrogens with zero attached hydrogens (tertiary/aromatic N) is 2. The van der Waals surface area contributed by atoms with Crippen LogP contribution in [0.5, 0.6) is 5.88 Å². The van der Waals surface area contributed by atoms with Crippen LogP contribution < -0.4 is 10.1 Å². The summed E-state index contributed by atoms with van der Waals surface area (Å²) in [7, 11) is 0. The highest BCUT2D eigenvalue weighted by Crippen LogP contribution is 2.32. The van der Waals surface area contributed by atoms with Crippen LogP contribution in [0.2, 0.25) is 5.15 Å². The van der Waals surface area contributed by atoms with E-state index in [1.807, 2.05) is 42.6 Å². The zero-order valence-electron chi connectivity index (χ0n) is 16.8. The zero-order valence-corrected chi connectivity index (χ0v) is 18.4. The Morgan fingerprint density at radius 3 is 2.63 bits per heavy atom. The summed E-state index contributed by atoms with van der Waals surface area (Å²) in [6.07, 6.45) is 5.32. The molecule has 0 saturated carbocycles. The number of fused-ring (bicyclic) bond motifs is 1. The highest BCUT2D eigenvalue weighted by molar-refractivity contribution is 6.29. The van der Waals surface area contributed by atoms with Crippen molar-refractivity contribution in [2.75, 3.05) is 26.3 Å². The lowest BCUT2D eigenvalue weighted by molar-refractivity contribution is 0.0839. The predicted octanol–water partition coefficient (Wildman–Crippen LogP) is 5.03. The molecule has 2 aromatic heterocycles. The smallest absolute Gasteiger partial charge is 0.217 e. The molecule has 5 nitrogen and oxygen atoms in total. The van der Waals surface area contributed by atoms with E-state index in [4.69, 9.17) is 21.1 Å². The first-order valence-electron chi connectivity index (χ1n) is 10.2. The highest BCUT2D eigenvalue weighted by atomic mass is 35.5. The fraction of sp³-hybridized carbons (Fsp3) is 0.391. The first-order valence-corrected chi connectivity index (χ1v) is 10.6. The number of hydrogen-bond acceptors (Lipinski definition) is 5. The largest absolute Gasteiger partial charge is 0.473 e. The SMILES string of the molecule is Cl.Clc1ccc2ccccc2n1.c1cnc(O[C@@H]2CCNC2)c(C2CCOCC2)c1. The van der Waals surface area contributed by atoms with Crippen LogP contribution in [-0.4, -0.2) is 42.4 Å². The van der Waals surface area contributed by atoms with Crippen molar-refractivity contribution in [3.63, 3.8) is 0 Å². The molecule has 0 amide bonds. The molecule has 2 fully saturated rings. The van der Waals surface area contributed by atoms with Gasteiger partial charge < -0.3 is 14.8 Å². The van der Waals surface area contributed by atoms with Gasteiger partial charge in [-0.2, -0.15) is 0 Å². The van der Waals surface area contributed by atoms with Crippen molar-refractivity contribution in [1.29, 1.82) is 0 Å². The summed E-state index contributed by atoms with van der Waals surface area (Å²) in [5.74, 6) is 1.37. The van der Waals surface area contributed by atoms with Gasteiger partial charge in [0.2, 0.25) is 5.88 Å². The molecule has 1 N–H and O–H groups in total. The maximum atomic E-state index is 6.05. The van der Waals surface area contributed by atoms with Crippen LogP contribution >= 0.6 is 24.0 Å². The average molecular weight is 448 g/mol. The van der Waals surface area contributed by atoms with Gasteiger partial charge in [-0.25, -0.2) is 9.97 Å². The number of hydrogen-bond donors (Lipinski definition) is 1. The molecule has 0 spiro atoms. The van der Waals surface area contributed by atoms with Crippen molar-refractivity contribution in [1.82, 2.24) is 15.3 Å². The third-order valence-electron chi connectivity index (χ3n) is 5.32. The Balaban J connectivity index is 0.000000184. The van der Waals surface area contributed by atoms with Crippen molar-refractivity contribution in [3.05, 3.63) is 65.4 Å². The molecule has 1 atom stereocenters. The summed E-state index contributed by atoms with van der Waals surface area (Å²) >= 11 is 5.71. The van der Waals surface area contributed by atoms with E-state index in [-0.39, 0.29) is 18.5 Å². The molecule has 3 aromatic rings. The third-order valence-corrected chi connectivity index (χ3v) is 5.53. The van der Waals surface area contributed by atoms with Gasteiger partial charge in [0, 0.05) is 36.9 Å². The highest BCUT2D eigenvalue weighted by Gasteiger charge is 2.23. The van der Waals surface area contributed by atoms with E-state index in [0.29, 0.717) is 11.1 Å². The van der Waals surface area contributed by atoms with Crippen LogP contribution in [-0.2, 0) is 4.74 Å². The quantitative estimate of drug-likeness (QED) is 0.570. The van der Waals surface area contributed by atoms with Crippen molar-refractivity contribution in [2.24, 2.45) is 0 Å². The number of para-hydroxylation sites is 1. The number of halogens is 2. The molecular formula is C23H27Cl2N3O2. The standard InChI is InChI=1S/C14H20N2O2.C9H6ClN.ClH/c1-2-13(11-4-8-17-9-5-11)14(16-6-1)18-12-3-7-15-10-12;10-9-6-5-7-3-1-2-4-8(7)11-9;/h1-2,6,11-12,15H,3-5,7-10H2;1-6H;1H/t12-;;/m1../s1. The topological polar surface area (TPSA) is 56.3 Å². The average Bonchev–Trinajstić information content (AvgIpc) is 3.28. The number of rotatable bonds is 3. The van der Waals surface area contributed by atoms with E-state index in [0.717, 1.165) is 62.3 Å². The minimum atomic E-state index is 0. The van der Waals surface area contributed by atoms with Gasteiger partial charge in [0.1, 0.15) is 11.3 Å². The molecule has 1 aromatic carbocycles. The number of pyridine rings is 2. The predicted molar refractivity (Wildman–Crippen MR) is 123 cm³/mol. The van der Waals surface area contributed by atoms with Crippen LogP contribution in [0.15, 0.2) is 54.7 Å². The number of nitrogens with one attached hydrogen (secondary N) is 1. The Morgan fingerprint density at radius 1 is 1.00 bits per heavy atom. The molecule has 30 heavy (non-hydrogen) atoms. The fourth-order valence-corrected chi connectivity index (χ4v) is 3.90. The monoisotopic (exact) mass is 447 g/mol. The van der Waals surface area contributed by atoms with Gasteiger partial charge in [-0.15, -0.1) is 12.4 Å². The molecule has 5 rings (SSSR count). The van der Waals surface area contributed by atoms with Crippen molar-refractivity contribution >= 4 is 34.9 Å². The molecule has 7 heteroatoms. The Bertz CT molecular complexity index is 929. The molecule has 0 radical (unpaired) electrons. The van der Waals surface area contributed by atoms with E-state index in [2.05, 4.69) is 21.4 Å². The number of ether oxygens (including phenoxy) is 2. The van der Waals surface area contributed by atoms with Gasteiger partial charge in [-0.3, -0.25) is 0 Å². The number of aromatic nitrogens is 2. The Kier molecular flexibility index (Phi) is 8.70. The second-order valence-electron chi connectivity index (χ2n) is 7.34. The lowest BCUT2D eigenvalue weighted by atomic mass is 9.92. The molecule has 160 valence electrons. The van der Waals surface area contributed by atoms with Crippen LogP contribution in [0.3, 0.4) is 0 Å². The molecule has 0 unspecified atom stereocenters. The second-order valence-corrected chi connectivity index (χ2v) is 7.73. The molecule has 2 aliphatic rings. The number of benzene rings is 1. The summed E-state index contributed by atoms with van der Waals surface area (Å²) in [5.41, 5.74) is 2.20. The van der Waals surface area contributed by atoms with Crippen LogP contribution in [0.1, 0.15) is 30.7 Å². The van der Waals surface area contributed by atoms with Gasteiger partial charge in [-0.1, -0.05) is 35.9 Å².